The molecule has 0 spiro atoms. The van der Waals surface area contributed by atoms with Crippen molar-refractivity contribution in [2.24, 2.45) is 0 Å². The minimum atomic E-state index is 0.447. The number of nitrogens with zero attached hydrogens (tertiary/aromatic N) is 1. The summed E-state index contributed by atoms with van der Waals surface area (Å²) < 4.78 is 0. The molecule has 23 heavy (non-hydrogen) atoms. The second kappa shape index (κ2) is 7.54. The number of aryl methyl sites for hydroxylation is 1. The smallest absolute Gasteiger partial charge is 0.0449 e. The number of fused-ring (bicyclic) bond motifs is 1. The molecule has 2 rings (SSSR count). The van der Waals surface area contributed by atoms with Crippen molar-refractivity contribution in [3.63, 3.8) is 0 Å². The first-order valence-electron chi connectivity index (χ1n) is 8.60. The van der Waals surface area contributed by atoms with Gasteiger partial charge < -0.3 is 10.6 Å². The summed E-state index contributed by atoms with van der Waals surface area (Å²) in [6.45, 7) is 16.3. The summed E-state index contributed by atoms with van der Waals surface area (Å²) >= 11 is 0. The maximum Gasteiger partial charge on any atom is 0.0449 e. The van der Waals surface area contributed by atoms with E-state index in [0.717, 1.165) is 37.3 Å². The number of anilines is 1. The molecule has 124 valence electrons. The van der Waals surface area contributed by atoms with E-state index in [9.17, 15) is 0 Å². The molecule has 1 atom stereocenters. The van der Waals surface area contributed by atoms with E-state index in [4.69, 9.17) is 5.73 Å². The van der Waals surface area contributed by atoms with Gasteiger partial charge in [0.1, 0.15) is 0 Å². The topological polar surface area (TPSA) is 29.3 Å². The summed E-state index contributed by atoms with van der Waals surface area (Å²) in [5.41, 5.74) is 13.9. The molecule has 0 amide bonds. The number of benzene rings is 1. The largest absolute Gasteiger partial charge is 0.398 e. The van der Waals surface area contributed by atoms with Gasteiger partial charge in [-0.25, -0.2) is 0 Å². The molecule has 0 saturated carbocycles. The quantitative estimate of drug-likeness (QED) is 0.585. The normalized spacial score (nSPS) is 15.5. The van der Waals surface area contributed by atoms with Crippen LogP contribution in [-0.4, -0.2) is 11.4 Å². The van der Waals surface area contributed by atoms with Gasteiger partial charge in [0.2, 0.25) is 0 Å². The van der Waals surface area contributed by atoms with Crippen molar-refractivity contribution in [1.82, 2.24) is 4.90 Å². The zero-order valence-corrected chi connectivity index (χ0v) is 14.9. The molecule has 0 saturated heterocycles. The number of allylic oxidation sites excluding steroid dienone is 4. The maximum atomic E-state index is 6.42. The fourth-order valence-electron chi connectivity index (χ4n) is 3.50. The van der Waals surface area contributed by atoms with Gasteiger partial charge in [0.15, 0.2) is 0 Å². The lowest BCUT2D eigenvalue weighted by molar-refractivity contribution is 0.324. The van der Waals surface area contributed by atoms with Crippen molar-refractivity contribution < 1.29 is 0 Å². The Morgan fingerprint density at radius 1 is 1.43 bits per heavy atom. The second-order valence-corrected chi connectivity index (χ2v) is 6.58. The van der Waals surface area contributed by atoms with Gasteiger partial charge in [0.25, 0.3) is 0 Å². The minimum absolute atomic E-state index is 0.447. The fraction of sp³-hybridized carbons (Fsp3) is 0.429. The highest BCUT2D eigenvalue weighted by Gasteiger charge is 2.24. The molecular formula is C21H30N2. The maximum absolute atomic E-state index is 6.42. The number of hydrogen-bond acceptors (Lipinski definition) is 2. The highest BCUT2D eigenvalue weighted by molar-refractivity contribution is 5.61. The molecule has 0 radical (unpaired) electrons. The van der Waals surface area contributed by atoms with Crippen molar-refractivity contribution in [3.8, 4) is 0 Å². The number of nitrogens with two attached hydrogens (primary N) is 1. The standard InChI is InChI=1S/C21H30N2/c1-6-8-10-17(9-7-2)19-13-16(5)21(22)20-14-23(15(3)4)12-11-18(19)20/h6,8,10,13,17H,1,3,7,9,11-12,14,22H2,2,4-5H3. The SMILES string of the molecule is C=CC=CC(CCC)c1cc(C)c(N)c2c1CCN(C(=C)C)C2. The van der Waals surface area contributed by atoms with Crippen LogP contribution in [0.15, 0.2) is 43.1 Å². The Labute approximate surface area is 141 Å². The van der Waals surface area contributed by atoms with Crippen LogP contribution >= 0.6 is 0 Å². The third kappa shape index (κ3) is 3.69. The first-order chi connectivity index (χ1) is 11.0. The molecule has 2 heteroatoms. The lowest BCUT2D eigenvalue weighted by atomic mass is 9.83. The summed E-state index contributed by atoms with van der Waals surface area (Å²) in [5, 5.41) is 0. The zero-order valence-electron chi connectivity index (χ0n) is 14.9. The molecule has 2 nitrogen and oxygen atoms in total. The summed E-state index contributed by atoms with van der Waals surface area (Å²) in [7, 11) is 0. The Morgan fingerprint density at radius 2 is 2.17 bits per heavy atom. The van der Waals surface area contributed by atoms with Crippen molar-refractivity contribution in [2.45, 2.75) is 52.5 Å². The van der Waals surface area contributed by atoms with Crippen molar-refractivity contribution in [2.75, 3.05) is 12.3 Å². The summed E-state index contributed by atoms with van der Waals surface area (Å²) in [4.78, 5) is 2.33. The molecular weight excluding hydrogens is 280 g/mol. The summed E-state index contributed by atoms with van der Waals surface area (Å²) in [6, 6.07) is 2.30. The first-order valence-corrected chi connectivity index (χ1v) is 8.60. The average molecular weight is 310 g/mol. The Hall–Kier alpha value is -1.96. The predicted molar refractivity (Wildman–Crippen MR) is 102 cm³/mol. The number of hydrogen-bond donors (Lipinski definition) is 1. The van der Waals surface area contributed by atoms with E-state index >= 15 is 0 Å². The van der Waals surface area contributed by atoms with Gasteiger partial charge in [0.05, 0.1) is 0 Å². The van der Waals surface area contributed by atoms with Crippen LogP contribution in [0, 0.1) is 6.92 Å². The lowest BCUT2D eigenvalue weighted by Crippen LogP contribution is -2.30. The summed E-state index contributed by atoms with van der Waals surface area (Å²) in [6.07, 6.45) is 9.59. The first kappa shape index (κ1) is 17.4. The minimum Gasteiger partial charge on any atom is -0.398 e. The third-order valence-electron chi connectivity index (χ3n) is 4.83. The Bertz CT molecular complexity index is 625. The molecule has 0 aromatic heterocycles. The molecule has 1 aromatic rings. The van der Waals surface area contributed by atoms with E-state index in [1.165, 1.54) is 28.7 Å². The number of rotatable bonds is 6. The van der Waals surface area contributed by atoms with Gasteiger partial charge in [-0.05, 0) is 48.9 Å². The molecule has 1 unspecified atom stereocenters. The molecule has 1 aliphatic rings. The van der Waals surface area contributed by atoms with E-state index in [2.05, 4.69) is 57.0 Å². The monoisotopic (exact) mass is 310 g/mol. The van der Waals surface area contributed by atoms with Crippen molar-refractivity contribution in [1.29, 1.82) is 0 Å². The van der Waals surface area contributed by atoms with Gasteiger partial charge in [-0.15, -0.1) is 0 Å². The van der Waals surface area contributed by atoms with E-state index in [-0.39, 0.29) is 0 Å². The Balaban J connectivity index is 2.51. The third-order valence-corrected chi connectivity index (χ3v) is 4.83. The van der Waals surface area contributed by atoms with Crippen LogP contribution in [-0.2, 0) is 13.0 Å². The van der Waals surface area contributed by atoms with Crippen LogP contribution in [0.2, 0.25) is 0 Å². The lowest BCUT2D eigenvalue weighted by Gasteiger charge is -2.34. The van der Waals surface area contributed by atoms with Crippen LogP contribution in [0.1, 0.15) is 54.9 Å². The van der Waals surface area contributed by atoms with Gasteiger partial charge in [-0.1, -0.05) is 50.8 Å². The van der Waals surface area contributed by atoms with Crippen LogP contribution in [0.4, 0.5) is 5.69 Å². The molecule has 2 N–H and O–H groups in total. The van der Waals surface area contributed by atoms with Crippen LogP contribution in [0.3, 0.4) is 0 Å². The highest BCUT2D eigenvalue weighted by atomic mass is 15.1. The van der Waals surface area contributed by atoms with Gasteiger partial charge >= 0.3 is 0 Å². The molecule has 0 aliphatic carbocycles. The van der Waals surface area contributed by atoms with E-state index in [1.54, 1.807) is 0 Å². The van der Waals surface area contributed by atoms with E-state index in [0.29, 0.717) is 5.92 Å². The van der Waals surface area contributed by atoms with Gasteiger partial charge in [-0.3, -0.25) is 0 Å². The van der Waals surface area contributed by atoms with E-state index in [1.807, 2.05) is 6.08 Å². The van der Waals surface area contributed by atoms with Gasteiger partial charge in [-0.2, -0.15) is 0 Å². The second-order valence-electron chi connectivity index (χ2n) is 6.58. The van der Waals surface area contributed by atoms with Crippen LogP contribution in [0.25, 0.3) is 0 Å². The van der Waals surface area contributed by atoms with Crippen molar-refractivity contribution >= 4 is 5.69 Å². The highest BCUT2D eigenvalue weighted by Crippen LogP contribution is 2.36. The number of nitrogen functional groups attached to an aromatic ring is 1. The van der Waals surface area contributed by atoms with E-state index < -0.39 is 0 Å². The Morgan fingerprint density at radius 3 is 2.78 bits per heavy atom. The molecule has 1 aromatic carbocycles. The predicted octanol–water partition coefficient (Wildman–Crippen LogP) is 5.09. The summed E-state index contributed by atoms with van der Waals surface area (Å²) in [5.74, 6) is 0.447. The molecule has 1 aliphatic heterocycles. The molecule has 1 heterocycles. The zero-order chi connectivity index (χ0) is 17.0. The van der Waals surface area contributed by atoms with Crippen LogP contribution in [0.5, 0.6) is 0 Å². The van der Waals surface area contributed by atoms with Gasteiger partial charge in [0, 0.05) is 30.4 Å². The molecule has 0 fully saturated rings. The van der Waals surface area contributed by atoms with Crippen molar-refractivity contribution in [3.05, 3.63) is 65.4 Å². The fourth-order valence-corrected chi connectivity index (χ4v) is 3.50. The average Bonchev–Trinajstić information content (AvgIpc) is 2.54. The van der Waals surface area contributed by atoms with Crippen LogP contribution < -0.4 is 5.73 Å². The Kier molecular flexibility index (Phi) is 5.70. The molecule has 0 bridgehead atoms.